The van der Waals surface area contributed by atoms with Crippen LogP contribution in [0.3, 0.4) is 0 Å². The molecule has 1 aromatic carbocycles. The Hall–Kier alpha value is -1.91. The molecule has 2 rings (SSSR count). The van der Waals surface area contributed by atoms with Gasteiger partial charge in [-0.15, -0.1) is 0 Å². The average molecular weight is 234 g/mol. The Morgan fingerprint density at radius 1 is 1.24 bits per heavy atom. The first-order valence-corrected chi connectivity index (χ1v) is 5.51. The summed E-state index contributed by atoms with van der Waals surface area (Å²) in [5.74, 6) is 1.34. The van der Waals surface area contributed by atoms with Gasteiger partial charge in [-0.3, -0.25) is 0 Å². The lowest BCUT2D eigenvalue weighted by atomic mass is 10.1. The lowest BCUT2D eigenvalue weighted by molar-refractivity contribution is 0.627. The van der Waals surface area contributed by atoms with Crippen molar-refractivity contribution in [3.63, 3.8) is 0 Å². The Bertz CT molecular complexity index is 490. The molecule has 0 bridgehead atoms. The number of hydrogen-bond acceptors (Lipinski definition) is 3. The van der Waals surface area contributed by atoms with Crippen LogP contribution in [0, 0.1) is 5.82 Å². The molecular weight excluding hydrogens is 219 g/mol. The van der Waals surface area contributed by atoms with E-state index in [-0.39, 0.29) is 5.82 Å². The van der Waals surface area contributed by atoms with Crippen molar-refractivity contribution in [2.45, 2.75) is 12.8 Å². The molecular formula is C12H15FN4. The second kappa shape index (κ2) is 4.95. The highest BCUT2D eigenvalue weighted by molar-refractivity contribution is 5.23. The predicted molar refractivity (Wildman–Crippen MR) is 64.4 cm³/mol. The van der Waals surface area contributed by atoms with Gasteiger partial charge in [-0.1, -0.05) is 12.1 Å². The topological polar surface area (TPSA) is 42.7 Å². The van der Waals surface area contributed by atoms with E-state index < -0.39 is 0 Å². The van der Waals surface area contributed by atoms with Gasteiger partial charge in [-0.2, -0.15) is 10.1 Å². The number of hydrogen-bond donors (Lipinski definition) is 1. The molecule has 0 amide bonds. The Morgan fingerprint density at radius 2 is 1.94 bits per heavy atom. The monoisotopic (exact) mass is 234 g/mol. The Kier molecular flexibility index (Phi) is 3.37. The van der Waals surface area contributed by atoms with Crippen LogP contribution in [0.25, 0.3) is 0 Å². The predicted octanol–water partition coefficient (Wildman–Crippen LogP) is 1.78. The normalized spacial score (nSPS) is 10.5. The Balaban J connectivity index is 1.99. The first kappa shape index (κ1) is 11.6. The minimum atomic E-state index is -0.206. The van der Waals surface area contributed by atoms with Crippen LogP contribution in [0.1, 0.15) is 11.4 Å². The summed E-state index contributed by atoms with van der Waals surface area (Å²) < 4.78 is 14.4. The molecule has 0 saturated carbocycles. The number of anilines is 1. The lowest BCUT2D eigenvalue weighted by Crippen LogP contribution is -1.99. The van der Waals surface area contributed by atoms with Crippen LogP contribution in [0.4, 0.5) is 10.3 Å². The molecule has 0 radical (unpaired) electrons. The highest BCUT2D eigenvalue weighted by Crippen LogP contribution is 2.08. The van der Waals surface area contributed by atoms with E-state index in [4.69, 9.17) is 0 Å². The molecule has 0 fully saturated rings. The van der Waals surface area contributed by atoms with E-state index in [1.165, 1.54) is 12.1 Å². The number of halogens is 1. The summed E-state index contributed by atoms with van der Waals surface area (Å²) in [6, 6.07) is 6.52. The van der Waals surface area contributed by atoms with Crippen LogP contribution in [0.5, 0.6) is 0 Å². The minimum absolute atomic E-state index is 0.206. The summed E-state index contributed by atoms with van der Waals surface area (Å²) in [7, 11) is 3.66. The number of rotatable bonds is 4. The highest BCUT2D eigenvalue weighted by atomic mass is 19.1. The van der Waals surface area contributed by atoms with Gasteiger partial charge >= 0.3 is 0 Å². The summed E-state index contributed by atoms with van der Waals surface area (Å²) in [6.07, 6.45) is 1.56. The van der Waals surface area contributed by atoms with Gasteiger partial charge < -0.3 is 5.32 Å². The van der Waals surface area contributed by atoms with Crippen LogP contribution < -0.4 is 5.32 Å². The SMILES string of the molecule is CNc1nc(CCc2ccc(F)cc2)nn1C. The van der Waals surface area contributed by atoms with E-state index in [0.717, 1.165) is 30.2 Å². The van der Waals surface area contributed by atoms with E-state index >= 15 is 0 Å². The lowest BCUT2D eigenvalue weighted by Gasteiger charge is -1.97. The summed E-state index contributed by atoms with van der Waals surface area (Å²) in [4.78, 5) is 4.33. The molecule has 5 heteroatoms. The third-order valence-corrected chi connectivity index (χ3v) is 2.58. The van der Waals surface area contributed by atoms with Crippen molar-refractivity contribution in [3.8, 4) is 0 Å². The highest BCUT2D eigenvalue weighted by Gasteiger charge is 2.05. The number of nitrogens with zero attached hydrogens (tertiary/aromatic N) is 3. The van der Waals surface area contributed by atoms with Crippen molar-refractivity contribution in [1.82, 2.24) is 14.8 Å². The van der Waals surface area contributed by atoms with Crippen molar-refractivity contribution in [3.05, 3.63) is 41.5 Å². The zero-order valence-electron chi connectivity index (χ0n) is 9.94. The minimum Gasteiger partial charge on any atom is -0.358 e. The number of aryl methyl sites for hydroxylation is 3. The van der Waals surface area contributed by atoms with Gasteiger partial charge in [0.05, 0.1) is 0 Å². The van der Waals surface area contributed by atoms with Crippen LogP contribution in [-0.4, -0.2) is 21.8 Å². The molecule has 2 aromatic rings. The van der Waals surface area contributed by atoms with Gasteiger partial charge in [-0.05, 0) is 24.1 Å². The fourth-order valence-electron chi connectivity index (χ4n) is 1.67. The third-order valence-electron chi connectivity index (χ3n) is 2.58. The molecule has 1 aromatic heterocycles. The largest absolute Gasteiger partial charge is 0.358 e. The molecule has 4 nitrogen and oxygen atoms in total. The molecule has 1 heterocycles. The molecule has 0 spiro atoms. The molecule has 1 N–H and O–H groups in total. The third kappa shape index (κ3) is 2.81. The standard InChI is InChI=1S/C12H15FN4/c1-14-12-15-11(16-17(12)2)8-5-9-3-6-10(13)7-4-9/h3-4,6-7H,5,8H2,1-2H3,(H,14,15,16). The molecule has 0 atom stereocenters. The fourth-order valence-corrected chi connectivity index (χ4v) is 1.67. The van der Waals surface area contributed by atoms with E-state index in [1.807, 2.05) is 14.1 Å². The molecule has 0 unspecified atom stereocenters. The van der Waals surface area contributed by atoms with Gasteiger partial charge in [0.15, 0.2) is 5.82 Å². The van der Waals surface area contributed by atoms with Crippen molar-refractivity contribution in [2.75, 3.05) is 12.4 Å². The number of aromatic nitrogens is 3. The number of nitrogens with one attached hydrogen (secondary N) is 1. The Labute approximate surface area is 99.5 Å². The first-order valence-electron chi connectivity index (χ1n) is 5.51. The Morgan fingerprint density at radius 3 is 2.53 bits per heavy atom. The maximum absolute atomic E-state index is 12.7. The maximum atomic E-state index is 12.7. The fraction of sp³-hybridized carbons (Fsp3) is 0.333. The molecule has 0 aliphatic rings. The van der Waals surface area contributed by atoms with Crippen molar-refractivity contribution in [1.29, 1.82) is 0 Å². The summed E-state index contributed by atoms with van der Waals surface area (Å²) in [6.45, 7) is 0. The summed E-state index contributed by atoms with van der Waals surface area (Å²) >= 11 is 0. The second-order valence-electron chi connectivity index (χ2n) is 3.85. The quantitative estimate of drug-likeness (QED) is 0.877. The molecule has 17 heavy (non-hydrogen) atoms. The second-order valence-corrected chi connectivity index (χ2v) is 3.85. The summed E-state index contributed by atoms with van der Waals surface area (Å²) in [5, 5.41) is 7.24. The molecule has 90 valence electrons. The van der Waals surface area contributed by atoms with Crippen molar-refractivity contribution < 1.29 is 4.39 Å². The zero-order valence-corrected chi connectivity index (χ0v) is 9.94. The van der Waals surface area contributed by atoms with Crippen LogP contribution >= 0.6 is 0 Å². The molecule has 0 aliphatic heterocycles. The van der Waals surface area contributed by atoms with Crippen LogP contribution in [0.2, 0.25) is 0 Å². The van der Waals surface area contributed by atoms with E-state index in [0.29, 0.717) is 0 Å². The van der Waals surface area contributed by atoms with Crippen LogP contribution in [0.15, 0.2) is 24.3 Å². The van der Waals surface area contributed by atoms with E-state index in [2.05, 4.69) is 15.4 Å². The number of benzene rings is 1. The summed E-state index contributed by atoms with van der Waals surface area (Å²) in [5.41, 5.74) is 1.09. The average Bonchev–Trinajstić information content (AvgIpc) is 2.69. The van der Waals surface area contributed by atoms with Gasteiger partial charge in [0.1, 0.15) is 5.82 Å². The van der Waals surface area contributed by atoms with Gasteiger partial charge in [0, 0.05) is 20.5 Å². The van der Waals surface area contributed by atoms with Gasteiger partial charge in [0.25, 0.3) is 0 Å². The molecule has 0 aliphatic carbocycles. The van der Waals surface area contributed by atoms with Crippen LogP contribution in [-0.2, 0) is 19.9 Å². The van der Waals surface area contributed by atoms with Crippen molar-refractivity contribution >= 4 is 5.95 Å². The van der Waals surface area contributed by atoms with Crippen molar-refractivity contribution in [2.24, 2.45) is 7.05 Å². The zero-order chi connectivity index (χ0) is 12.3. The van der Waals surface area contributed by atoms with E-state index in [9.17, 15) is 4.39 Å². The van der Waals surface area contributed by atoms with Gasteiger partial charge in [-0.25, -0.2) is 9.07 Å². The van der Waals surface area contributed by atoms with E-state index in [1.54, 1.807) is 16.8 Å². The first-order chi connectivity index (χ1) is 8.19. The maximum Gasteiger partial charge on any atom is 0.220 e. The molecule has 0 saturated heterocycles. The van der Waals surface area contributed by atoms with Gasteiger partial charge in [0.2, 0.25) is 5.95 Å². The smallest absolute Gasteiger partial charge is 0.220 e.